The maximum atomic E-state index is 13.1. The highest BCUT2D eigenvalue weighted by atomic mass is 16.5. The predicted octanol–water partition coefficient (Wildman–Crippen LogP) is 3.16. The van der Waals surface area contributed by atoms with E-state index >= 15 is 0 Å². The summed E-state index contributed by atoms with van der Waals surface area (Å²) in [5.41, 5.74) is 4.42. The number of H-pyrrole nitrogens is 1. The Bertz CT molecular complexity index is 1120. The second kappa shape index (κ2) is 7.52. The predicted molar refractivity (Wildman–Crippen MR) is 116 cm³/mol. The van der Waals surface area contributed by atoms with Gasteiger partial charge in [0.1, 0.15) is 5.75 Å². The van der Waals surface area contributed by atoms with E-state index in [-0.39, 0.29) is 17.7 Å². The van der Waals surface area contributed by atoms with Crippen LogP contribution in [0.3, 0.4) is 0 Å². The van der Waals surface area contributed by atoms with Gasteiger partial charge in [-0.2, -0.15) is 0 Å². The van der Waals surface area contributed by atoms with E-state index in [2.05, 4.69) is 11.1 Å². The van der Waals surface area contributed by atoms with E-state index in [4.69, 9.17) is 4.74 Å². The molecule has 3 heterocycles. The number of fused-ring (bicyclic) bond motifs is 2. The fourth-order valence-electron chi connectivity index (χ4n) is 4.69. The van der Waals surface area contributed by atoms with E-state index in [1.54, 1.807) is 7.11 Å². The molecular weight excluding hydrogens is 378 g/mol. The summed E-state index contributed by atoms with van der Waals surface area (Å²) in [4.78, 5) is 32.7. The average Bonchev–Trinajstić information content (AvgIpc) is 3.48. The van der Waals surface area contributed by atoms with Crippen LogP contribution in [0.2, 0.25) is 0 Å². The maximum Gasteiger partial charge on any atom is 0.232 e. The van der Waals surface area contributed by atoms with E-state index in [1.165, 1.54) is 5.56 Å². The molecule has 1 atom stereocenters. The third-order valence-electron chi connectivity index (χ3n) is 6.34. The van der Waals surface area contributed by atoms with Crippen molar-refractivity contribution in [1.82, 2.24) is 9.88 Å². The van der Waals surface area contributed by atoms with E-state index < -0.39 is 0 Å². The second-order valence-electron chi connectivity index (χ2n) is 8.08. The number of anilines is 1. The van der Waals surface area contributed by atoms with Gasteiger partial charge in [0.05, 0.1) is 13.0 Å². The molecule has 3 aromatic rings. The highest BCUT2D eigenvalue weighted by Gasteiger charge is 2.38. The van der Waals surface area contributed by atoms with Gasteiger partial charge in [-0.15, -0.1) is 0 Å². The van der Waals surface area contributed by atoms with Crippen LogP contribution in [0.4, 0.5) is 5.69 Å². The van der Waals surface area contributed by atoms with Crippen molar-refractivity contribution in [1.29, 1.82) is 0 Å². The topological polar surface area (TPSA) is 65.6 Å². The lowest BCUT2D eigenvalue weighted by Crippen LogP contribution is -2.36. The van der Waals surface area contributed by atoms with Crippen molar-refractivity contribution < 1.29 is 14.3 Å². The van der Waals surface area contributed by atoms with Gasteiger partial charge in [0.15, 0.2) is 0 Å². The van der Waals surface area contributed by atoms with E-state index in [9.17, 15) is 9.59 Å². The molecule has 6 nitrogen and oxygen atoms in total. The van der Waals surface area contributed by atoms with Gasteiger partial charge in [-0.25, -0.2) is 0 Å². The van der Waals surface area contributed by atoms with Crippen LogP contribution in [0.15, 0.2) is 48.7 Å². The molecule has 2 aliphatic rings. The number of benzene rings is 2. The first kappa shape index (κ1) is 18.7. The van der Waals surface area contributed by atoms with Gasteiger partial charge in [-0.3, -0.25) is 9.59 Å². The van der Waals surface area contributed by atoms with Gasteiger partial charge >= 0.3 is 0 Å². The third kappa shape index (κ3) is 3.22. The number of carbonyl (C=O) groups excluding carboxylic acids is 2. The number of aromatic nitrogens is 1. The molecule has 0 radical (unpaired) electrons. The van der Waals surface area contributed by atoms with Crippen molar-refractivity contribution in [3.05, 3.63) is 59.8 Å². The summed E-state index contributed by atoms with van der Waals surface area (Å²) < 4.78 is 5.34. The first-order valence-electron chi connectivity index (χ1n) is 10.4. The number of carbonyl (C=O) groups is 2. The lowest BCUT2D eigenvalue weighted by Gasteiger charge is -2.21. The number of methoxy groups -OCH3 is 1. The van der Waals surface area contributed by atoms with Gasteiger partial charge < -0.3 is 19.5 Å². The molecule has 30 heavy (non-hydrogen) atoms. The molecule has 2 aliphatic heterocycles. The highest BCUT2D eigenvalue weighted by Crippen LogP contribution is 2.31. The van der Waals surface area contributed by atoms with Crippen LogP contribution in [0.5, 0.6) is 5.75 Å². The first-order valence-corrected chi connectivity index (χ1v) is 10.4. The molecule has 0 bridgehead atoms. The molecule has 1 fully saturated rings. The van der Waals surface area contributed by atoms with Gasteiger partial charge in [0.25, 0.3) is 0 Å². The van der Waals surface area contributed by atoms with Gasteiger partial charge in [-0.05, 0) is 48.2 Å². The van der Waals surface area contributed by atoms with Crippen LogP contribution in [0, 0.1) is 5.92 Å². The van der Waals surface area contributed by atoms with Crippen molar-refractivity contribution >= 4 is 28.4 Å². The highest BCUT2D eigenvalue weighted by molar-refractivity contribution is 6.00. The van der Waals surface area contributed by atoms with E-state index in [0.29, 0.717) is 26.1 Å². The zero-order valence-corrected chi connectivity index (χ0v) is 17.1. The monoisotopic (exact) mass is 403 g/mol. The fraction of sp³-hybridized carbons (Fsp3) is 0.333. The molecule has 1 N–H and O–H groups in total. The zero-order valence-electron chi connectivity index (χ0n) is 17.1. The van der Waals surface area contributed by atoms with Crippen LogP contribution < -0.4 is 9.64 Å². The molecule has 0 unspecified atom stereocenters. The molecule has 0 saturated carbocycles. The Labute approximate surface area is 175 Å². The number of hydrogen-bond donors (Lipinski definition) is 1. The molecular formula is C24H25N3O3. The molecule has 2 amide bonds. The number of aromatic amines is 1. The number of ether oxygens (including phenoxy) is 1. The number of para-hydroxylation sites is 1. The molecule has 6 heteroatoms. The molecule has 154 valence electrons. The van der Waals surface area contributed by atoms with E-state index in [0.717, 1.165) is 40.7 Å². The summed E-state index contributed by atoms with van der Waals surface area (Å²) in [7, 11) is 1.66. The molecule has 5 rings (SSSR count). The van der Waals surface area contributed by atoms with Crippen LogP contribution in [0.1, 0.15) is 17.5 Å². The minimum absolute atomic E-state index is 0.0678. The first-order chi connectivity index (χ1) is 14.6. The number of nitrogens with one attached hydrogen (secondary N) is 1. The standard InChI is InChI=1S/C24H25N3O3/c1-30-19-6-7-21-20(13-19)17(14-25-21)8-10-26-15-18(12-23(26)28)24(29)27-11-9-16-4-2-3-5-22(16)27/h2-7,13-14,18,25H,8-12,15H2,1H3/t18-/m0/s1. The number of hydrogen-bond acceptors (Lipinski definition) is 3. The maximum absolute atomic E-state index is 13.1. The zero-order chi connectivity index (χ0) is 20.7. The van der Waals surface area contributed by atoms with Gasteiger partial charge in [0, 0.05) is 48.8 Å². The summed E-state index contributed by atoms with van der Waals surface area (Å²) >= 11 is 0. The SMILES string of the molecule is COc1ccc2[nH]cc(CCN3C[C@@H](C(=O)N4CCc5ccccc54)CC3=O)c2c1. The Kier molecular flexibility index (Phi) is 4.69. The third-order valence-corrected chi connectivity index (χ3v) is 6.34. The van der Waals surface area contributed by atoms with Crippen molar-refractivity contribution in [2.75, 3.05) is 31.6 Å². The van der Waals surface area contributed by atoms with Crippen molar-refractivity contribution in [3.8, 4) is 5.75 Å². The second-order valence-corrected chi connectivity index (χ2v) is 8.08. The normalized spacial score (nSPS) is 18.3. The summed E-state index contributed by atoms with van der Waals surface area (Å²) in [5, 5.41) is 1.11. The fourth-order valence-corrected chi connectivity index (χ4v) is 4.69. The molecule has 1 aromatic heterocycles. The van der Waals surface area contributed by atoms with Crippen LogP contribution in [0.25, 0.3) is 10.9 Å². The summed E-state index contributed by atoms with van der Waals surface area (Å²) in [6.07, 6.45) is 3.93. The summed E-state index contributed by atoms with van der Waals surface area (Å²) in [6.45, 7) is 1.82. The van der Waals surface area contributed by atoms with Crippen molar-refractivity contribution in [2.45, 2.75) is 19.3 Å². The lowest BCUT2D eigenvalue weighted by atomic mass is 10.1. The van der Waals surface area contributed by atoms with Crippen molar-refractivity contribution in [3.63, 3.8) is 0 Å². The number of likely N-dealkylation sites (tertiary alicyclic amines) is 1. The minimum Gasteiger partial charge on any atom is -0.497 e. The van der Waals surface area contributed by atoms with Crippen LogP contribution >= 0.6 is 0 Å². The smallest absolute Gasteiger partial charge is 0.232 e. The number of rotatable bonds is 5. The van der Waals surface area contributed by atoms with Gasteiger partial charge in [0.2, 0.25) is 11.8 Å². The minimum atomic E-state index is -0.258. The molecule has 1 saturated heterocycles. The largest absolute Gasteiger partial charge is 0.497 e. The Morgan fingerprint density at radius 3 is 2.97 bits per heavy atom. The number of nitrogens with zero attached hydrogens (tertiary/aromatic N) is 2. The summed E-state index contributed by atoms with van der Waals surface area (Å²) in [6, 6.07) is 14.0. The summed E-state index contributed by atoms with van der Waals surface area (Å²) in [5.74, 6) is 0.703. The van der Waals surface area contributed by atoms with Gasteiger partial charge in [-0.1, -0.05) is 18.2 Å². The van der Waals surface area contributed by atoms with Crippen LogP contribution in [-0.4, -0.2) is 48.4 Å². The molecule has 2 aromatic carbocycles. The van der Waals surface area contributed by atoms with Crippen molar-refractivity contribution in [2.24, 2.45) is 5.92 Å². The van der Waals surface area contributed by atoms with E-state index in [1.807, 2.05) is 52.4 Å². The average molecular weight is 403 g/mol. The Balaban J connectivity index is 1.26. The Morgan fingerprint density at radius 1 is 1.23 bits per heavy atom. The Hall–Kier alpha value is -3.28. The lowest BCUT2D eigenvalue weighted by molar-refractivity contribution is -0.128. The van der Waals surface area contributed by atoms with Crippen LogP contribution in [-0.2, 0) is 22.4 Å². The Morgan fingerprint density at radius 2 is 2.10 bits per heavy atom. The quantitative estimate of drug-likeness (QED) is 0.712. The number of amides is 2. The molecule has 0 aliphatic carbocycles. The molecule has 0 spiro atoms.